The van der Waals surface area contributed by atoms with Crippen LogP contribution in [-0.2, 0) is 0 Å². The van der Waals surface area contributed by atoms with E-state index in [-0.39, 0.29) is 17.4 Å². The lowest BCUT2D eigenvalue weighted by atomic mass is 10.2. The second kappa shape index (κ2) is 8.60. The molecule has 0 bridgehead atoms. The quantitative estimate of drug-likeness (QED) is 0.361. The summed E-state index contributed by atoms with van der Waals surface area (Å²) in [6, 6.07) is 13.0. The number of hydrogen-bond donors (Lipinski definition) is 1. The molecule has 2 aromatic carbocycles. The summed E-state index contributed by atoms with van der Waals surface area (Å²) in [4.78, 5) is 31.3. The molecule has 2 heterocycles. The van der Waals surface area contributed by atoms with E-state index in [9.17, 15) is 14.9 Å². The van der Waals surface area contributed by atoms with Gasteiger partial charge in [0, 0.05) is 30.2 Å². The Morgan fingerprint density at radius 1 is 1.09 bits per heavy atom. The highest BCUT2D eigenvalue weighted by Crippen LogP contribution is 2.25. The first-order valence-corrected chi connectivity index (χ1v) is 9.46. The Hall–Kier alpha value is -4.67. The number of ether oxygens (including phenoxy) is 1. The molecule has 0 saturated carbocycles. The molecule has 32 heavy (non-hydrogen) atoms. The number of nitrogens with one attached hydrogen (secondary N) is 1. The summed E-state index contributed by atoms with van der Waals surface area (Å²) in [7, 11) is 0. The maximum Gasteiger partial charge on any atom is 0.321 e. The summed E-state index contributed by atoms with van der Waals surface area (Å²) in [5, 5.41) is 21.8. The molecule has 2 aromatic heterocycles. The van der Waals surface area contributed by atoms with Gasteiger partial charge in [-0.15, -0.1) is 5.10 Å². The summed E-state index contributed by atoms with van der Waals surface area (Å²) in [6.07, 6.45) is 3.15. The topological polar surface area (TPSA) is 138 Å². The van der Waals surface area contributed by atoms with Gasteiger partial charge in [-0.1, -0.05) is 11.3 Å². The zero-order valence-electron chi connectivity index (χ0n) is 17.1. The molecule has 160 valence electrons. The third-order valence-corrected chi connectivity index (χ3v) is 4.59. The number of aromatic nitrogens is 5. The first-order chi connectivity index (χ1) is 15.4. The van der Waals surface area contributed by atoms with Crippen molar-refractivity contribution in [2.24, 2.45) is 0 Å². The first kappa shape index (κ1) is 20.6. The smallest absolute Gasteiger partial charge is 0.321 e. The third kappa shape index (κ3) is 4.26. The molecule has 4 rings (SSSR count). The molecule has 0 radical (unpaired) electrons. The van der Waals surface area contributed by atoms with Crippen molar-refractivity contribution in [1.29, 1.82) is 0 Å². The average molecular weight is 431 g/mol. The number of nitro groups is 1. The van der Waals surface area contributed by atoms with Crippen molar-refractivity contribution in [2.75, 3.05) is 5.32 Å². The van der Waals surface area contributed by atoms with Gasteiger partial charge in [0.2, 0.25) is 0 Å². The second-order valence-corrected chi connectivity index (χ2v) is 6.78. The number of hydrogen-bond acceptors (Lipinski definition) is 8. The highest BCUT2D eigenvalue weighted by atomic mass is 16.6. The van der Waals surface area contributed by atoms with Crippen LogP contribution in [0.1, 0.15) is 21.7 Å². The average Bonchev–Trinajstić information content (AvgIpc) is 3.18. The zero-order chi connectivity index (χ0) is 22.7. The number of carbonyl (C=O) groups is 1. The molecule has 4 aromatic rings. The fourth-order valence-electron chi connectivity index (χ4n) is 2.99. The van der Waals surface area contributed by atoms with Gasteiger partial charge < -0.3 is 10.1 Å². The summed E-state index contributed by atoms with van der Waals surface area (Å²) >= 11 is 0. The lowest BCUT2D eigenvalue weighted by Crippen LogP contribution is -2.15. The molecule has 0 fully saturated rings. The predicted octanol–water partition coefficient (Wildman–Crippen LogP) is 3.63. The maximum absolute atomic E-state index is 12.8. The van der Waals surface area contributed by atoms with Crippen LogP contribution in [0.4, 0.5) is 11.4 Å². The summed E-state index contributed by atoms with van der Waals surface area (Å²) in [5.74, 6) is 0.0711. The number of aryl methyl sites for hydroxylation is 1. The number of rotatable bonds is 6. The van der Waals surface area contributed by atoms with Crippen LogP contribution in [0.25, 0.3) is 5.69 Å². The van der Waals surface area contributed by atoms with Crippen LogP contribution >= 0.6 is 0 Å². The fourth-order valence-corrected chi connectivity index (χ4v) is 2.99. The van der Waals surface area contributed by atoms with Crippen LogP contribution in [0, 0.1) is 24.0 Å². The van der Waals surface area contributed by atoms with Crippen LogP contribution in [-0.4, -0.2) is 35.8 Å². The van der Waals surface area contributed by atoms with E-state index in [0.717, 1.165) is 5.56 Å². The number of nitro benzene ring substituents is 1. The van der Waals surface area contributed by atoms with E-state index < -0.39 is 10.8 Å². The summed E-state index contributed by atoms with van der Waals surface area (Å²) < 4.78 is 6.97. The molecule has 0 aliphatic heterocycles. The van der Waals surface area contributed by atoms with E-state index >= 15 is 0 Å². The SMILES string of the molecule is Cc1cc(Oc2ncccn2)ccc1NC(=O)c1nnn(-c2cccc([N+](=O)[O-])c2)c1C. The molecule has 11 heteroatoms. The highest BCUT2D eigenvalue weighted by Gasteiger charge is 2.19. The van der Waals surface area contributed by atoms with Crippen molar-refractivity contribution in [3.63, 3.8) is 0 Å². The van der Waals surface area contributed by atoms with E-state index in [1.807, 2.05) is 6.92 Å². The molecular weight excluding hydrogens is 414 g/mol. The van der Waals surface area contributed by atoms with Crippen LogP contribution < -0.4 is 10.1 Å². The van der Waals surface area contributed by atoms with E-state index in [4.69, 9.17) is 4.74 Å². The van der Waals surface area contributed by atoms with Crippen LogP contribution in [0.15, 0.2) is 60.9 Å². The Kier molecular flexibility index (Phi) is 5.53. The largest absolute Gasteiger partial charge is 0.424 e. The molecular formula is C21H17N7O4. The Labute approximate surface area is 181 Å². The minimum atomic E-state index is -0.497. The van der Waals surface area contributed by atoms with Gasteiger partial charge in [-0.25, -0.2) is 14.6 Å². The van der Waals surface area contributed by atoms with Gasteiger partial charge in [-0.05, 0) is 49.7 Å². The Morgan fingerprint density at radius 2 is 1.88 bits per heavy atom. The van der Waals surface area contributed by atoms with Gasteiger partial charge in [0.15, 0.2) is 5.69 Å². The van der Waals surface area contributed by atoms with Crippen molar-refractivity contribution in [2.45, 2.75) is 13.8 Å². The molecule has 0 saturated heterocycles. The highest BCUT2D eigenvalue weighted by molar-refractivity contribution is 6.04. The van der Waals surface area contributed by atoms with Gasteiger partial charge in [-0.2, -0.15) is 0 Å². The Morgan fingerprint density at radius 3 is 2.59 bits per heavy atom. The van der Waals surface area contributed by atoms with E-state index in [2.05, 4.69) is 25.6 Å². The van der Waals surface area contributed by atoms with Crippen LogP contribution in [0.5, 0.6) is 11.8 Å². The second-order valence-electron chi connectivity index (χ2n) is 6.78. The van der Waals surface area contributed by atoms with Crippen molar-refractivity contribution in [1.82, 2.24) is 25.0 Å². The predicted molar refractivity (Wildman–Crippen MR) is 114 cm³/mol. The lowest BCUT2D eigenvalue weighted by molar-refractivity contribution is -0.384. The van der Waals surface area contributed by atoms with Crippen molar-refractivity contribution < 1.29 is 14.5 Å². The number of amides is 1. The maximum atomic E-state index is 12.8. The third-order valence-electron chi connectivity index (χ3n) is 4.59. The molecule has 0 aliphatic rings. The number of non-ortho nitro benzene ring substituents is 1. The normalized spacial score (nSPS) is 10.6. The Balaban J connectivity index is 1.52. The van der Waals surface area contributed by atoms with E-state index in [1.165, 1.54) is 16.8 Å². The van der Waals surface area contributed by atoms with Gasteiger partial charge in [-0.3, -0.25) is 14.9 Å². The van der Waals surface area contributed by atoms with Crippen LogP contribution in [0.2, 0.25) is 0 Å². The first-order valence-electron chi connectivity index (χ1n) is 9.46. The fraction of sp³-hybridized carbons (Fsp3) is 0.0952. The number of benzene rings is 2. The van der Waals surface area contributed by atoms with E-state index in [0.29, 0.717) is 22.8 Å². The monoisotopic (exact) mass is 431 g/mol. The number of nitrogens with zero attached hydrogens (tertiary/aromatic N) is 6. The molecule has 1 N–H and O–H groups in total. The molecule has 0 atom stereocenters. The van der Waals surface area contributed by atoms with E-state index in [1.54, 1.807) is 55.7 Å². The number of anilines is 1. The van der Waals surface area contributed by atoms with Gasteiger partial charge in [0.05, 0.1) is 16.3 Å². The molecule has 0 spiro atoms. The van der Waals surface area contributed by atoms with Gasteiger partial charge in [0.1, 0.15) is 5.75 Å². The number of carbonyl (C=O) groups excluding carboxylic acids is 1. The minimum absolute atomic E-state index is 0.0813. The molecule has 0 unspecified atom stereocenters. The molecule has 1 amide bonds. The molecule has 11 nitrogen and oxygen atoms in total. The van der Waals surface area contributed by atoms with Crippen molar-refractivity contribution >= 4 is 17.3 Å². The lowest BCUT2D eigenvalue weighted by Gasteiger charge is -2.10. The zero-order valence-corrected chi connectivity index (χ0v) is 17.1. The van der Waals surface area contributed by atoms with Crippen LogP contribution in [0.3, 0.4) is 0 Å². The summed E-state index contributed by atoms with van der Waals surface area (Å²) in [5.41, 5.74) is 2.23. The van der Waals surface area contributed by atoms with Crippen molar-refractivity contribution in [3.8, 4) is 17.4 Å². The Bertz CT molecular complexity index is 1300. The molecule has 0 aliphatic carbocycles. The van der Waals surface area contributed by atoms with Gasteiger partial charge >= 0.3 is 6.01 Å². The summed E-state index contributed by atoms with van der Waals surface area (Å²) in [6.45, 7) is 3.48. The van der Waals surface area contributed by atoms with Gasteiger partial charge in [0.25, 0.3) is 11.6 Å². The minimum Gasteiger partial charge on any atom is -0.424 e. The van der Waals surface area contributed by atoms with Crippen molar-refractivity contribution in [3.05, 3.63) is 88.0 Å². The standard InChI is InChI=1S/C21H17N7O4/c1-13-11-17(32-21-22-9-4-10-23-21)7-8-18(13)24-20(29)19-14(2)27(26-25-19)15-5-3-6-16(12-15)28(30)31/h3-12H,1-2H3,(H,24,29).